The first-order valence-electron chi connectivity index (χ1n) is 10.1. The van der Waals surface area contributed by atoms with Gasteiger partial charge in [-0.3, -0.25) is 10.1 Å². The van der Waals surface area contributed by atoms with Crippen LogP contribution in [-0.4, -0.2) is 30.7 Å². The quantitative estimate of drug-likeness (QED) is 0.308. The Balaban J connectivity index is 1.44. The third-order valence-electron chi connectivity index (χ3n) is 5.01. The lowest BCUT2D eigenvalue weighted by atomic mass is 10.2. The number of sulfonamides is 1. The van der Waals surface area contributed by atoms with Gasteiger partial charge in [-0.05, 0) is 42.0 Å². The monoisotopic (exact) mass is 531 g/mol. The highest BCUT2D eigenvalue weighted by atomic mass is 35.5. The van der Waals surface area contributed by atoms with Crippen molar-refractivity contribution >= 4 is 55.6 Å². The molecular weight excluding hydrogens is 513 g/mol. The fourth-order valence-corrected chi connectivity index (χ4v) is 5.34. The Morgan fingerprint density at radius 3 is 2.38 bits per heavy atom. The molecule has 34 heavy (non-hydrogen) atoms. The lowest BCUT2D eigenvalue weighted by molar-refractivity contribution is 0.102. The number of rotatable bonds is 7. The second kappa shape index (κ2) is 10.2. The van der Waals surface area contributed by atoms with E-state index in [9.17, 15) is 13.2 Å². The Bertz CT molecular complexity index is 1420. The molecule has 1 amide bonds. The third-order valence-corrected chi connectivity index (χ3v) is 8.33. The van der Waals surface area contributed by atoms with Crippen LogP contribution in [0.1, 0.15) is 15.9 Å². The molecule has 0 saturated carbocycles. The van der Waals surface area contributed by atoms with Crippen molar-refractivity contribution in [3.8, 4) is 11.3 Å². The molecule has 3 aromatic carbocycles. The van der Waals surface area contributed by atoms with Crippen LogP contribution in [0.4, 0.5) is 5.13 Å². The molecule has 10 heteroatoms. The van der Waals surface area contributed by atoms with Crippen LogP contribution in [0, 0.1) is 0 Å². The molecule has 4 rings (SSSR count). The van der Waals surface area contributed by atoms with Crippen molar-refractivity contribution in [2.75, 3.05) is 12.4 Å². The summed E-state index contributed by atoms with van der Waals surface area (Å²) in [5.74, 6) is -0.392. The number of halogens is 2. The molecule has 1 heterocycles. The van der Waals surface area contributed by atoms with E-state index in [1.54, 1.807) is 23.6 Å². The van der Waals surface area contributed by atoms with E-state index in [0.29, 0.717) is 26.4 Å². The second-order valence-corrected chi connectivity index (χ2v) is 11.1. The molecule has 0 radical (unpaired) electrons. The van der Waals surface area contributed by atoms with Gasteiger partial charge in [-0.15, -0.1) is 11.3 Å². The SMILES string of the molecule is CN(Cc1ccccc1)S(=O)(=O)c1ccc(C(=O)Nc2nc(-c3ccc(Cl)c(Cl)c3)cs2)cc1. The average Bonchev–Trinajstić information content (AvgIpc) is 3.30. The number of anilines is 1. The molecule has 1 N–H and O–H groups in total. The predicted molar refractivity (Wildman–Crippen MR) is 137 cm³/mol. The fraction of sp³-hybridized carbons (Fsp3) is 0.0833. The predicted octanol–water partition coefficient (Wildman–Crippen LogP) is 6.19. The van der Waals surface area contributed by atoms with E-state index in [1.165, 1.54) is 47.0 Å². The molecule has 6 nitrogen and oxygen atoms in total. The number of hydrogen-bond donors (Lipinski definition) is 1. The number of carbonyl (C=O) groups is 1. The van der Waals surface area contributed by atoms with Gasteiger partial charge in [0.2, 0.25) is 10.0 Å². The first kappa shape index (κ1) is 24.4. The third kappa shape index (κ3) is 5.48. The minimum Gasteiger partial charge on any atom is -0.298 e. The van der Waals surface area contributed by atoms with E-state index in [1.807, 2.05) is 30.3 Å². The van der Waals surface area contributed by atoms with Crippen LogP contribution < -0.4 is 5.32 Å². The Labute approximate surface area is 211 Å². The molecule has 0 aliphatic heterocycles. The normalized spacial score (nSPS) is 11.5. The number of thiazole rings is 1. The van der Waals surface area contributed by atoms with Gasteiger partial charge in [-0.1, -0.05) is 59.6 Å². The maximum Gasteiger partial charge on any atom is 0.257 e. The van der Waals surface area contributed by atoms with Gasteiger partial charge in [0, 0.05) is 30.1 Å². The molecular formula is C24H19Cl2N3O3S2. The number of nitrogens with one attached hydrogen (secondary N) is 1. The largest absolute Gasteiger partial charge is 0.298 e. The Morgan fingerprint density at radius 2 is 1.71 bits per heavy atom. The van der Waals surface area contributed by atoms with Gasteiger partial charge in [0.1, 0.15) is 0 Å². The van der Waals surface area contributed by atoms with E-state index in [0.717, 1.165) is 11.1 Å². The molecule has 0 aliphatic carbocycles. The molecule has 1 aromatic heterocycles. The minimum absolute atomic E-state index is 0.110. The number of nitrogens with zero attached hydrogens (tertiary/aromatic N) is 2. The summed E-state index contributed by atoms with van der Waals surface area (Å²) in [5, 5.41) is 5.81. The molecule has 0 aliphatic rings. The maximum atomic E-state index is 12.9. The molecule has 0 saturated heterocycles. The van der Waals surface area contributed by atoms with E-state index in [2.05, 4.69) is 10.3 Å². The number of benzene rings is 3. The molecule has 0 atom stereocenters. The Hall–Kier alpha value is -2.75. The van der Waals surface area contributed by atoms with Gasteiger partial charge in [-0.2, -0.15) is 4.31 Å². The average molecular weight is 532 g/mol. The van der Waals surface area contributed by atoms with Gasteiger partial charge in [-0.25, -0.2) is 13.4 Å². The van der Waals surface area contributed by atoms with Crippen LogP contribution in [0.25, 0.3) is 11.3 Å². The van der Waals surface area contributed by atoms with Crippen molar-refractivity contribution in [1.29, 1.82) is 0 Å². The Kier molecular flexibility index (Phi) is 7.35. The molecule has 0 unspecified atom stereocenters. The van der Waals surface area contributed by atoms with Crippen molar-refractivity contribution in [2.45, 2.75) is 11.4 Å². The molecule has 0 bridgehead atoms. The summed E-state index contributed by atoms with van der Waals surface area (Å²) in [6.07, 6.45) is 0. The summed E-state index contributed by atoms with van der Waals surface area (Å²) < 4.78 is 27.1. The van der Waals surface area contributed by atoms with Crippen molar-refractivity contribution in [2.24, 2.45) is 0 Å². The summed E-state index contributed by atoms with van der Waals surface area (Å²) in [7, 11) is -2.18. The topological polar surface area (TPSA) is 79.4 Å². The van der Waals surface area contributed by atoms with Crippen molar-refractivity contribution in [1.82, 2.24) is 9.29 Å². The summed E-state index contributed by atoms with van der Waals surface area (Å²) in [6.45, 7) is 0.247. The van der Waals surface area contributed by atoms with E-state index in [-0.39, 0.29) is 11.4 Å². The second-order valence-electron chi connectivity index (χ2n) is 7.39. The van der Waals surface area contributed by atoms with Crippen LogP contribution in [0.15, 0.2) is 83.1 Å². The van der Waals surface area contributed by atoms with Gasteiger partial charge < -0.3 is 0 Å². The highest BCUT2D eigenvalue weighted by Crippen LogP contribution is 2.30. The van der Waals surface area contributed by atoms with Crippen LogP contribution in [0.3, 0.4) is 0 Å². The number of amides is 1. The van der Waals surface area contributed by atoms with Gasteiger partial charge in [0.25, 0.3) is 5.91 Å². The lowest BCUT2D eigenvalue weighted by Crippen LogP contribution is -2.26. The van der Waals surface area contributed by atoms with E-state index < -0.39 is 15.9 Å². The molecule has 4 aromatic rings. The molecule has 174 valence electrons. The summed E-state index contributed by atoms with van der Waals surface area (Å²) in [5.41, 5.74) is 2.63. The zero-order valence-corrected chi connectivity index (χ0v) is 21.0. The first-order valence-corrected chi connectivity index (χ1v) is 13.1. The highest BCUT2D eigenvalue weighted by Gasteiger charge is 2.21. The van der Waals surface area contributed by atoms with Crippen molar-refractivity contribution in [3.05, 3.63) is 99.3 Å². The fourth-order valence-electron chi connectivity index (χ4n) is 3.17. The van der Waals surface area contributed by atoms with Crippen molar-refractivity contribution in [3.63, 3.8) is 0 Å². The van der Waals surface area contributed by atoms with Crippen LogP contribution in [0.2, 0.25) is 10.0 Å². The summed E-state index contributed by atoms with van der Waals surface area (Å²) in [4.78, 5) is 17.2. The number of hydrogen-bond acceptors (Lipinski definition) is 5. The van der Waals surface area contributed by atoms with Gasteiger partial charge >= 0.3 is 0 Å². The van der Waals surface area contributed by atoms with E-state index >= 15 is 0 Å². The van der Waals surface area contributed by atoms with Crippen LogP contribution in [-0.2, 0) is 16.6 Å². The molecule has 0 spiro atoms. The van der Waals surface area contributed by atoms with E-state index in [4.69, 9.17) is 23.2 Å². The lowest BCUT2D eigenvalue weighted by Gasteiger charge is -2.17. The number of aromatic nitrogens is 1. The van der Waals surface area contributed by atoms with Crippen LogP contribution in [0.5, 0.6) is 0 Å². The maximum absolute atomic E-state index is 12.9. The first-order chi connectivity index (χ1) is 16.2. The number of carbonyl (C=O) groups excluding carboxylic acids is 1. The summed E-state index contributed by atoms with van der Waals surface area (Å²) in [6, 6.07) is 20.3. The smallest absolute Gasteiger partial charge is 0.257 e. The van der Waals surface area contributed by atoms with Crippen molar-refractivity contribution < 1.29 is 13.2 Å². The highest BCUT2D eigenvalue weighted by molar-refractivity contribution is 7.89. The molecule has 0 fully saturated rings. The standard InChI is InChI=1S/C24H19Cl2N3O3S2/c1-29(14-16-5-3-2-4-6-16)34(31,32)19-10-7-17(8-11-19)23(30)28-24-27-22(15-33-24)18-9-12-20(25)21(26)13-18/h2-13,15H,14H2,1H3,(H,27,28,30). The summed E-state index contributed by atoms with van der Waals surface area (Å²) >= 11 is 13.3. The Morgan fingerprint density at radius 1 is 1.00 bits per heavy atom. The van der Waals surface area contributed by atoms with Gasteiger partial charge in [0.15, 0.2) is 5.13 Å². The van der Waals surface area contributed by atoms with Gasteiger partial charge in [0.05, 0.1) is 20.6 Å². The zero-order chi connectivity index (χ0) is 24.3. The van der Waals surface area contributed by atoms with Crippen LogP contribution >= 0.6 is 34.5 Å². The zero-order valence-electron chi connectivity index (χ0n) is 17.9. The minimum atomic E-state index is -3.70.